The van der Waals surface area contributed by atoms with Crippen molar-refractivity contribution in [2.45, 2.75) is 72.0 Å². The van der Waals surface area contributed by atoms with Gasteiger partial charge in [-0.15, -0.1) is 0 Å². The van der Waals surface area contributed by atoms with Gasteiger partial charge in [-0.25, -0.2) is 0 Å². The lowest BCUT2D eigenvalue weighted by Crippen LogP contribution is -2.42. The minimum atomic E-state index is 0.267. The van der Waals surface area contributed by atoms with Crippen molar-refractivity contribution >= 4 is 0 Å². The first-order chi connectivity index (χ1) is 10.8. The van der Waals surface area contributed by atoms with E-state index in [0.29, 0.717) is 12.2 Å². The zero-order chi connectivity index (χ0) is 17.0. The first kappa shape index (κ1) is 18.1. The number of rotatable bonds is 5. The maximum atomic E-state index is 5.80. The van der Waals surface area contributed by atoms with Gasteiger partial charge in [-0.05, 0) is 56.4 Å². The van der Waals surface area contributed by atoms with Crippen LogP contribution in [0.3, 0.4) is 0 Å². The Morgan fingerprint density at radius 1 is 1.17 bits per heavy atom. The highest BCUT2D eigenvalue weighted by Crippen LogP contribution is 2.27. The number of nitrogens with zero attached hydrogens (tertiary/aromatic N) is 1. The molecule has 1 aliphatic heterocycles. The molecule has 1 fully saturated rings. The first-order valence-corrected chi connectivity index (χ1v) is 8.96. The number of hydrogen-bond acceptors (Lipinski definition) is 2. The average Bonchev–Trinajstić information content (AvgIpc) is 2.46. The van der Waals surface area contributed by atoms with Gasteiger partial charge in [-0.2, -0.15) is 0 Å². The van der Waals surface area contributed by atoms with E-state index in [1.165, 1.54) is 23.1 Å². The Bertz CT molecular complexity index is 519. The lowest BCUT2D eigenvalue weighted by atomic mass is 9.82. The number of hydrogen-bond donors (Lipinski definition) is 0. The highest BCUT2D eigenvalue weighted by atomic mass is 16.5. The van der Waals surface area contributed by atoms with Gasteiger partial charge in [-0.3, -0.25) is 0 Å². The first-order valence-electron chi connectivity index (χ1n) is 8.96. The molecule has 0 spiro atoms. The summed E-state index contributed by atoms with van der Waals surface area (Å²) in [5, 5.41) is 0. The summed E-state index contributed by atoms with van der Waals surface area (Å²) in [4.78, 5) is 2.41. The summed E-state index contributed by atoms with van der Waals surface area (Å²) >= 11 is 0. The normalized spacial score (nSPS) is 23.2. The Morgan fingerprint density at radius 2 is 1.74 bits per heavy atom. The van der Waals surface area contributed by atoms with E-state index in [1.54, 1.807) is 0 Å². The molecule has 0 radical (unpaired) electrons. The quantitative estimate of drug-likeness (QED) is 0.764. The zero-order valence-electron chi connectivity index (χ0n) is 15.7. The van der Waals surface area contributed by atoms with Crippen molar-refractivity contribution in [1.82, 2.24) is 4.90 Å². The molecular weight excluding hydrogens is 282 g/mol. The molecule has 0 bridgehead atoms. The fourth-order valence-corrected chi connectivity index (χ4v) is 3.28. The summed E-state index contributed by atoms with van der Waals surface area (Å²) in [6.45, 7) is 15.4. The molecule has 1 heterocycles. The van der Waals surface area contributed by atoms with E-state index in [1.807, 2.05) is 0 Å². The van der Waals surface area contributed by atoms with Gasteiger partial charge in [0.1, 0.15) is 0 Å². The van der Waals surface area contributed by atoms with Crippen LogP contribution in [0.5, 0.6) is 0 Å². The smallest absolute Gasteiger partial charge is 0.0726 e. The molecule has 2 rings (SSSR count). The predicted octanol–water partition coefficient (Wildman–Crippen LogP) is 4.93. The number of ether oxygens (including phenoxy) is 1. The minimum absolute atomic E-state index is 0.267. The van der Waals surface area contributed by atoms with Gasteiger partial charge >= 0.3 is 0 Å². The summed E-state index contributed by atoms with van der Waals surface area (Å²) in [5.41, 5.74) is 4.50. The second-order valence-electron chi connectivity index (χ2n) is 7.80. The molecule has 1 aromatic rings. The largest absolute Gasteiger partial charge is 0.372 e. The van der Waals surface area contributed by atoms with Crippen LogP contribution in [0.2, 0.25) is 0 Å². The van der Waals surface area contributed by atoms with Crippen molar-refractivity contribution in [1.29, 1.82) is 0 Å². The monoisotopic (exact) mass is 315 g/mol. The Hall–Kier alpha value is -1.28. The zero-order valence-corrected chi connectivity index (χ0v) is 15.7. The van der Waals surface area contributed by atoms with E-state index in [9.17, 15) is 0 Å². The summed E-state index contributed by atoms with van der Waals surface area (Å²) in [6, 6.07) is 9.17. The fraction of sp³-hybridized carbons (Fsp3) is 0.619. The van der Waals surface area contributed by atoms with E-state index in [4.69, 9.17) is 4.74 Å². The van der Waals surface area contributed by atoms with E-state index < -0.39 is 0 Å². The second-order valence-corrected chi connectivity index (χ2v) is 7.80. The van der Waals surface area contributed by atoms with E-state index in [-0.39, 0.29) is 5.41 Å². The third-order valence-electron chi connectivity index (χ3n) is 4.95. The lowest BCUT2D eigenvalue weighted by Gasteiger charge is -2.35. The maximum absolute atomic E-state index is 5.80. The van der Waals surface area contributed by atoms with Crippen LogP contribution in [0.25, 0.3) is 0 Å². The van der Waals surface area contributed by atoms with Crippen molar-refractivity contribution in [3.8, 4) is 0 Å². The molecule has 0 aromatic heterocycles. The van der Waals surface area contributed by atoms with Gasteiger partial charge in [0.05, 0.1) is 12.2 Å². The minimum Gasteiger partial charge on any atom is -0.372 e. The molecule has 2 heteroatoms. The standard InChI is InChI=1S/C21H33NO/c1-7-21(5,6)20-10-8-19(9-11-20)12-16(2)13-22-14-17(3)23-18(4)15-22/h8-11,13,17-18H,7,12,14-15H2,1-6H3. The Labute approximate surface area is 142 Å². The summed E-state index contributed by atoms with van der Waals surface area (Å²) in [7, 11) is 0. The summed E-state index contributed by atoms with van der Waals surface area (Å²) < 4.78 is 5.80. The summed E-state index contributed by atoms with van der Waals surface area (Å²) in [5.74, 6) is 0. The van der Waals surface area contributed by atoms with Gasteiger partial charge in [0.2, 0.25) is 0 Å². The molecular formula is C21H33NO. The van der Waals surface area contributed by atoms with Crippen molar-refractivity contribution < 1.29 is 4.74 Å². The van der Waals surface area contributed by atoms with Gasteiger partial charge in [-0.1, -0.05) is 50.6 Å². The van der Waals surface area contributed by atoms with Gasteiger partial charge in [0, 0.05) is 13.1 Å². The van der Waals surface area contributed by atoms with Gasteiger partial charge in [0.25, 0.3) is 0 Å². The number of allylic oxidation sites excluding steroid dienone is 1. The molecule has 23 heavy (non-hydrogen) atoms. The molecule has 2 nitrogen and oxygen atoms in total. The highest BCUT2D eigenvalue weighted by molar-refractivity contribution is 5.30. The van der Waals surface area contributed by atoms with E-state index in [0.717, 1.165) is 19.5 Å². The molecule has 1 aromatic carbocycles. The molecule has 128 valence electrons. The van der Waals surface area contributed by atoms with Crippen molar-refractivity contribution in [3.63, 3.8) is 0 Å². The Kier molecular flexibility index (Phi) is 5.91. The predicted molar refractivity (Wildman–Crippen MR) is 98.8 cm³/mol. The average molecular weight is 316 g/mol. The number of benzene rings is 1. The Balaban J connectivity index is 1.99. The van der Waals surface area contributed by atoms with Crippen LogP contribution in [0.1, 0.15) is 59.1 Å². The summed E-state index contributed by atoms with van der Waals surface area (Å²) in [6.07, 6.45) is 5.14. The molecule has 0 aliphatic carbocycles. The van der Waals surface area contributed by atoms with Crippen molar-refractivity contribution in [3.05, 3.63) is 47.2 Å². The van der Waals surface area contributed by atoms with Crippen LogP contribution in [0.15, 0.2) is 36.0 Å². The molecule has 1 saturated heterocycles. The molecule has 0 N–H and O–H groups in total. The molecule has 0 saturated carbocycles. The van der Waals surface area contributed by atoms with Crippen LogP contribution in [0, 0.1) is 0 Å². The topological polar surface area (TPSA) is 12.5 Å². The van der Waals surface area contributed by atoms with Crippen LogP contribution >= 0.6 is 0 Å². The fourth-order valence-electron chi connectivity index (χ4n) is 3.28. The Morgan fingerprint density at radius 3 is 2.26 bits per heavy atom. The molecule has 2 unspecified atom stereocenters. The lowest BCUT2D eigenvalue weighted by molar-refractivity contribution is -0.0543. The molecule has 1 aliphatic rings. The maximum Gasteiger partial charge on any atom is 0.0726 e. The van der Waals surface area contributed by atoms with Gasteiger partial charge in [0.15, 0.2) is 0 Å². The van der Waals surface area contributed by atoms with Gasteiger partial charge < -0.3 is 9.64 Å². The SMILES string of the molecule is CCC(C)(C)c1ccc(CC(C)=CN2CC(C)OC(C)C2)cc1. The van der Waals surface area contributed by atoms with Crippen LogP contribution < -0.4 is 0 Å². The van der Waals surface area contributed by atoms with E-state index in [2.05, 4.69) is 76.9 Å². The van der Waals surface area contributed by atoms with Crippen molar-refractivity contribution in [2.24, 2.45) is 0 Å². The molecule has 0 amide bonds. The van der Waals surface area contributed by atoms with E-state index >= 15 is 0 Å². The van der Waals surface area contributed by atoms with Crippen molar-refractivity contribution in [2.75, 3.05) is 13.1 Å². The van der Waals surface area contributed by atoms with Crippen LogP contribution in [-0.4, -0.2) is 30.2 Å². The van der Waals surface area contributed by atoms with Crippen LogP contribution in [-0.2, 0) is 16.6 Å². The number of morpholine rings is 1. The third-order valence-corrected chi connectivity index (χ3v) is 4.95. The highest BCUT2D eigenvalue weighted by Gasteiger charge is 2.20. The third kappa shape index (κ3) is 5.10. The van der Waals surface area contributed by atoms with Crippen LogP contribution in [0.4, 0.5) is 0 Å². The second kappa shape index (κ2) is 7.53. The molecule has 2 atom stereocenters.